The molecule has 16 heavy (non-hydrogen) atoms. The van der Waals surface area contributed by atoms with Crippen LogP contribution < -0.4 is 5.32 Å². The summed E-state index contributed by atoms with van der Waals surface area (Å²) < 4.78 is 25.4. The molecule has 1 fully saturated rings. The van der Waals surface area contributed by atoms with Crippen LogP contribution >= 0.6 is 0 Å². The maximum atomic E-state index is 11.9. The fraction of sp³-hybridized carbons (Fsp3) is 1.00. The summed E-state index contributed by atoms with van der Waals surface area (Å²) in [6.45, 7) is 3.87. The van der Waals surface area contributed by atoms with Crippen molar-refractivity contribution in [2.45, 2.75) is 45.1 Å². The Labute approximate surface area is 99.5 Å². The van der Waals surface area contributed by atoms with Crippen molar-refractivity contribution in [3.63, 3.8) is 0 Å². The molecule has 0 heterocycles. The number of hydrogen-bond acceptors (Lipinski definition) is 3. The lowest BCUT2D eigenvalue weighted by Gasteiger charge is -2.33. The second-order valence-corrected chi connectivity index (χ2v) is 6.67. The van der Waals surface area contributed by atoms with Crippen molar-refractivity contribution in [3.8, 4) is 0 Å². The molecule has 1 aliphatic carbocycles. The average Bonchev–Trinajstić information content (AvgIpc) is 2.14. The van der Waals surface area contributed by atoms with Crippen molar-refractivity contribution in [1.29, 1.82) is 0 Å². The zero-order valence-electron chi connectivity index (χ0n) is 10.4. The fourth-order valence-corrected chi connectivity index (χ4v) is 3.26. The zero-order valence-corrected chi connectivity index (χ0v) is 11.2. The van der Waals surface area contributed by atoms with E-state index in [1.165, 1.54) is 6.42 Å². The molecule has 0 aromatic carbocycles. The number of nitrogens with one attached hydrogen (secondary N) is 1. The smallest absolute Gasteiger partial charge is 0.214 e. The summed E-state index contributed by atoms with van der Waals surface area (Å²) in [6.07, 6.45) is 5.03. The van der Waals surface area contributed by atoms with Crippen molar-refractivity contribution in [2.75, 3.05) is 25.9 Å². The highest BCUT2D eigenvalue weighted by Gasteiger charge is 2.29. The van der Waals surface area contributed by atoms with Crippen LogP contribution in [0.1, 0.15) is 39.0 Å². The van der Waals surface area contributed by atoms with E-state index in [-0.39, 0.29) is 11.8 Å². The quantitative estimate of drug-likeness (QED) is 0.656. The molecule has 1 N–H and O–H groups in total. The molecule has 1 aliphatic rings. The van der Waals surface area contributed by atoms with E-state index in [9.17, 15) is 8.42 Å². The first kappa shape index (κ1) is 13.9. The molecule has 0 amide bonds. The molecule has 0 unspecified atom stereocenters. The Hall–Kier alpha value is -0.130. The first-order valence-electron chi connectivity index (χ1n) is 6.24. The van der Waals surface area contributed by atoms with Gasteiger partial charge < -0.3 is 5.32 Å². The minimum absolute atomic E-state index is 0.272. The van der Waals surface area contributed by atoms with Crippen LogP contribution in [0, 0.1) is 0 Å². The molecule has 0 bridgehead atoms. The van der Waals surface area contributed by atoms with E-state index in [1.807, 2.05) is 0 Å². The predicted molar refractivity (Wildman–Crippen MR) is 67.0 cm³/mol. The molecular formula is C11H24N2O2S. The van der Waals surface area contributed by atoms with Crippen LogP contribution in [0.2, 0.25) is 0 Å². The summed E-state index contributed by atoms with van der Waals surface area (Å²) in [4.78, 5) is 0. The Bertz CT molecular complexity index is 286. The standard InChI is InChI=1S/C11H24N2O2S/c1-3-8-12-9-5-10-16(14,15)13(2)11-6-4-7-11/h11-12H,3-10H2,1-2H3. The number of hydrogen-bond donors (Lipinski definition) is 1. The molecule has 96 valence electrons. The monoisotopic (exact) mass is 248 g/mol. The van der Waals surface area contributed by atoms with Crippen LogP contribution in [0.3, 0.4) is 0 Å². The van der Waals surface area contributed by atoms with E-state index >= 15 is 0 Å². The highest BCUT2D eigenvalue weighted by molar-refractivity contribution is 7.89. The minimum Gasteiger partial charge on any atom is -0.317 e. The first-order valence-corrected chi connectivity index (χ1v) is 7.85. The molecule has 5 heteroatoms. The van der Waals surface area contributed by atoms with Crippen LogP contribution in [-0.2, 0) is 10.0 Å². The molecule has 1 rings (SSSR count). The maximum Gasteiger partial charge on any atom is 0.214 e. The van der Waals surface area contributed by atoms with E-state index in [0.29, 0.717) is 6.42 Å². The molecule has 4 nitrogen and oxygen atoms in total. The summed E-state index contributed by atoms with van der Waals surface area (Å²) in [7, 11) is -1.29. The molecular weight excluding hydrogens is 224 g/mol. The molecule has 0 aliphatic heterocycles. The summed E-state index contributed by atoms with van der Waals surface area (Å²) in [5, 5.41) is 3.22. The van der Waals surface area contributed by atoms with Gasteiger partial charge >= 0.3 is 0 Å². The lowest BCUT2D eigenvalue weighted by atomic mass is 9.94. The van der Waals surface area contributed by atoms with Crippen LogP contribution in [0.25, 0.3) is 0 Å². The molecule has 0 saturated heterocycles. The van der Waals surface area contributed by atoms with Crippen LogP contribution in [-0.4, -0.2) is 44.7 Å². The molecule has 0 spiro atoms. The third kappa shape index (κ3) is 4.03. The van der Waals surface area contributed by atoms with Gasteiger partial charge in [-0.15, -0.1) is 0 Å². The van der Waals surface area contributed by atoms with Crippen LogP contribution in [0.4, 0.5) is 0 Å². The van der Waals surface area contributed by atoms with Gasteiger partial charge in [0.05, 0.1) is 5.75 Å². The van der Waals surface area contributed by atoms with Crippen LogP contribution in [0.5, 0.6) is 0 Å². The van der Waals surface area contributed by atoms with Crippen molar-refractivity contribution in [1.82, 2.24) is 9.62 Å². The van der Waals surface area contributed by atoms with Crippen molar-refractivity contribution >= 4 is 10.0 Å². The Morgan fingerprint density at radius 2 is 2.00 bits per heavy atom. The summed E-state index contributed by atoms with van der Waals surface area (Å²) >= 11 is 0. The number of rotatable bonds is 8. The van der Waals surface area contributed by atoms with Gasteiger partial charge in [-0.3, -0.25) is 0 Å². The molecule has 0 radical (unpaired) electrons. The van der Waals surface area contributed by atoms with Crippen molar-refractivity contribution in [2.24, 2.45) is 0 Å². The van der Waals surface area contributed by atoms with Gasteiger partial charge in [0, 0.05) is 13.1 Å². The van der Waals surface area contributed by atoms with E-state index in [1.54, 1.807) is 11.4 Å². The number of nitrogens with zero attached hydrogens (tertiary/aromatic N) is 1. The van der Waals surface area contributed by atoms with Crippen molar-refractivity contribution < 1.29 is 8.42 Å². The van der Waals surface area contributed by atoms with E-state index < -0.39 is 10.0 Å². The van der Waals surface area contributed by atoms with Gasteiger partial charge in [-0.1, -0.05) is 13.3 Å². The lowest BCUT2D eigenvalue weighted by Crippen LogP contribution is -2.42. The second-order valence-electron chi connectivity index (χ2n) is 4.52. The predicted octanol–water partition coefficient (Wildman–Crippen LogP) is 1.19. The van der Waals surface area contributed by atoms with Gasteiger partial charge in [0.1, 0.15) is 0 Å². The van der Waals surface area contributed by atoms with E-state index in [2.05, 4.69) is 12.2 Å². The van der Waals surface area contributed by atoms with Gasteiger partial charge in [0.2, 0.25) is 10.0 Å². The van der Waals surface area contributed by atoms with Gasteiger partial charge in [0.25, 0.3) is 0 Å². The molecule has 1 saturated carbocycles. The van der Waals surface area contributed by atoms with Gasteiger partial charge in [0.15, 0.2) is 0 Å². The highest BCUT2D eigenvalue weighted by Crippen LogP contribution is 2.25. The average molecular weight is 248 g/mol. The molecule has 0 aromatic rings. The van der Waals surface area contributed by atoms with Gasteiger partial charge in [-0.25, -0.2) is 12.7 Å². The third-order valence-electron chi connectivity index (χ3n) is 3.21. The summed E-state index contributed by atoms with van der Waals surface area (Å²) in [5.74, 6) is 0.275. The minimum atomic E-state index is -3.01. The Morgan fingerprint density at radius 1 is 1.31 bits per heavy atom. The molecule has 0 aromatic heterocycles. The summed E-state index contributed by atoms with van der Waals surface area (Å²) in [5.41, 5.74) is 0. The SMILES string of the molecule is CCCNCCCS(=O)(=O)N(C)C1CCC1. The normalized spacial score (nSPS) is 17.7. The number of sulfonamides is 1. The van der Waals surface area contributed by atoms with Gasteiger partial charge in [-0.05, 0) is 38.8 Å². The van der Waals surface area contributed by atoms with E-state index in [0.717, 1.165) is 32.4 Å². The summed E-state index contributed by atoms with van der Waals surface area (Å²) in [6, 6.07) is 0.272. The van der Waals surface area contributed by atoms with E-state index in [4.69, 9.17) is 0 Å². The Balaban J connectivity index is 2.22. The van der Waals surface area contributed by atoms with Gasteiger partial charge in [-0.2, -0.15) is 0 Å². The molecule has 0 atom stereocenters. The third-order valence-corrected chi connectivity index (χ3v) is 5.19. The topological polar surface area (TPSA) is 49.4 Å². The maximum absolute atomic E-state index is 11.9. The zero-order chi connectivity index (χ0) is 12.0. The Kier molecular flexibility index (Phi) is 5.72. The second kappa shape index (κ2) is 6.57. The first-order chi connectivity index (χ1) is 7.58. The highest BCUT2D eigenvalue weighted by atomic mass is 32.2. The Morgan fingerprint density at radius 3 is 2.50 bits per heavy atom. The van der Waals surface area contributed by atoms with Crippen LogP contribution in [0.15, 0.2) is 0 Å². The fourth-order valence-electron chi connectivity index (χ4n) is 1.80. The van der Waals surface area contributed by atoms with Crippen molar-refractivity contribution in [3.05, 3.63) is 0 Å². The lowest BCUT2D eigenvalue weighted by molar-refractivity contribution is 0.249. The largest absolute Gasteiger partial charge is 0.317 e.